The van der Waals surface area contributed by atoms with Crippen molar-refractivity contribution in [1.82, 2.24) is 4.90 Å². The third-order valence-corrected chi connectivity index (χ3v) is 3.26. The molecule has 0 saturated heterocycles. The van der Waals surface area contributed by atoms with Gasteiger partial charge in [-0.1, -0.05) is 32.4 Å². The number of aryl methyl sites for hydroxylation is 1. The van der Waals surface area contributed by atoms with Gasteiger partial charge in [0.25, 0.3) is 0 Å². The lowest BCUT2D eigenvalue weighted by atomic mass is 10.1. The highest BCUT2D eigenvalue weighted by molar-refractivity contribution is 7.80. The van der Waals surface area contributed by atoms with Crippen molar-refractivity contribution < 1.29 is 4.79 Å². The van der Waals surface area contributed by atoms with Gasteiger partial charge in [0.1, 0.15) is 0 Å². The number of carbonyl (C=O) groups is 1. The number of benzene rings is 1. The van der Waals surface area contributed by atoms with E-state index in [1.165, 1.54) is 19.6 Å². The minimum Gasteiger partial charge on any atom is -0.304 e. The minimum absolute atomic E-state index is 0.0682. The second kappa shape index (κ2) is 9.17. The van der Waals surface area contributed by atoms with Gasteiger partial charge < -0.3 is 4.90 Å². The molecule has 0 unspecified atom stereocenters. The van der Waals surface area contributed by atoms with E-state index in [0.717, 1.165) is 10.5 Å². The van der Waals surface area contributed by atoms with Gasteiger partial charge in [-0.3, -0.25) is 4.79 Å². The molecule has 0 fully saturated rings. The molecular formula is C15H25NOS. The van der Waals surface area contributed by atoms with E-state index in [4.69, 9.17) is 0 Å². The number of ketones is 1. The number of Topliss-reactive ketones (excluding diaryl/α,β-unsaturated/α-hetero) is 1. The summed E-state index contributed by atoms with van der Waals surface area (Å²) in [7, 11) is 0. The van der Waals surface area contributed by atoms with Crippen molar-refractivity contribution in [3.63, 3.8) is 0 Å². The normalized spacial score (nSPS) is 9.94. The van der Waals surface area contributed by atoms with E-state index in [-0.39, 0.29) is 5.78 Å². The monoisotopic (exact) mass is 267 g/mol. The van der Waals surface area contributed by atoms with Crippen LogP contribution in [0.3, 0.4) is 0 Å². The summed E-state index contributed by atoms with van der Waals surface area (Å²) >= 11 is 4.16. The van der Waals surface area contributed by atoms with Gasteiger partial charge in [0.15, 0.2) is 5.78 Å². The number of nitrogens with zero attached hydrogens (tertiary/aromatic N) is 1. The zero-order valence-corrected chi connectivity index (χ0v) is 13.1. The van der Waals surface area contributed by atoms with E-state index in [2.05, 4.69) is 38.3 Å². The fourth-order valence-electron chi connectivity index (χ4n) is 1.60. The molecule has 1 aromatic rings. The highest BCUT2D eigenvalue weighted by atomic mass is 32.1. The van der Waals surface area contributed by atoms with Crippen LogP contribution >= 0.6 is 12.6 Å². The molecule has 0 aliphatic heterocycles. The van der Waals surface area contributed by atoms with Gasteiger partial charge in [-0.2, -0.15) is 0 Å². The molecule has 0 aliphatic rings. The summed E-state index contributed by atoms with van der Waals surface area (Å²) in [5.41, 5.74) is 1.79. The van der Waals surface area contributed by atoms with Crippen LogP contribution in [0.4, 0.5) is 0 Å². The van der Waals surface area contributed by atoms with Crippen molar-refractivity contribution in [3.05, 3.63) is 29.3 Å². The highest BCUT2D eigenvalue weighted by Crippen LogP contribution is 2.15. The first-order valence-corrected chi connectivity index (χ1v) is 6.93. The van der Waals surface area contributed by atoms with Crippen LogP contribution in [0.25, 0.3) is 0 Å². The second-order valence-electron chi connectivity index (χ2n) is 4.20. The molecule has 0 saturated carbocycles. The van der Waals surface area contributed by atoms with Crippen molar-refractivity contribution in [3.8, 4) is 0 Å². The molecule has 3 heteroatoms. The smallest absolute Gasteiger partial charge is 0.160 e. The van der Waals surface area contributed by atoms with Crippen LogP contribution in [0.15, 0.2) is 23.1 Å². The first kappa shape index (κ1) is 17.2. The molecule has 0 aliphatic carbocycles. The Morgan fingerprint density at radius 3 is 1.94 bits per heavy atom. The minimum atomic E-state index is 0.0682. The van der Waals surface area contributed by atoms with Gasteiger partial charge in [-0.25, -0.2) is 0 Å². The second-order valence-corrected chi connectivity index (χ2v) is 4.68. The van der Waals surface area contributed by atoms with Crippen LogP contribution < -0.4 is 0 Å². The van der Waals surface area contributed by atoms with Crippen molar-refractivity contribution in [2.75, 3.05) is 19.6 Å². The van der Waals surface area contributed by atoms with Crippen LogP contribution in [0.2, 0.25) is 0 Å². The van der Waals surface area contributed by atoms with Crippen LogP contribution in [0.1, 0.15) is 43.6 Å². The van der Waals surface area contributed by atoms with Gasteiger partial charge >= 0.3 is 0 Å². The van der Waals surface area contributed by atoms with Crippen molar-refractivity contribution in [2.45, 2.75) is 39.5 Å². The van der Waals surface area contributed by atoms with Crippen LogP contribution in [0, 0.1) is 6.92 Å². The van der Waals surface area contributed by atoms with Crippen LogP contribution in [-0.4, -0.2) is 30.3 Å². The van der Waals surface area contributed by atoms with Crippen molar-refractivity contribution >= 4 is 18.4 Å². The molecule has 0 aromatic heterocycles. The van der Waals surface area contributed by atoms with E-state index in [0.29, 0.717) is 5.56 Å². The summed E-state index contributed by atoms with van der Waals surface area (Å²) in [6.45, 7) is 13.6. The molecular weight excluding hydrogens is 242 g/mol. The summed E-state index contributed by atoms with van der Waals surface area (Å²) in [6.07, 6.45) is 0. The third kappa shape index (κ3) is 6.22. The van der Waals surface area contributed by atoms with Crippen molar-refractivity contribution in [1.29, 1.82) is 0 Å². The maximum absolute atomic E-state index is 11.0. The lowest BCUT2D eigenvalue weighted by Crippen LogP contribution is -2.21. The Morgan fingerprint density at radius 2 is 1.67 bits per heavy atom. The van der Waals surface area contributed by atoms with E-state index < -0.39 is 0 Å². The Balaban J connectivity index is 0.000000360. The van der Waals surface area contributed by atoms with Crippen LogP contribution in [0.5, 0.6) is 0 Å². The number of rotatable bonds is 4. The molecule has 102 valence electrons. The summed E-state index contributed by atoms with van der Waals surface area (Å²) in [5.74, 6) is 0.0682. The summed E-state index contributed by atoms with van der Waals surface area (Å²) in [6, 6.07) is 5.63. The van der Waals surface area contributed by atoms with E-state index in [1.807, 2.05) is 25.1 Å². The molecule has 1 aromatic carbocycles. The largest absolute Gasteiger partial charge is 0.304 e. The lowest BCUT2D eigenvalue weighted by molar-refractivity contribution is 0.101. The number of hydrogen-bond donors (Lipinski definition) is 1. The molecule has 0 radical (unpaired) electrons. The van der Waals surface area contributed by atoms with Gasteiger partial charge in [-0.05, 0) is 45.6 Å². The fraction of sp³-hybridized carbons (Fsp3) is 0.533. The first-order chi connectivity index (χ1) is 8.46. The summed E-state index contributed by atoms with van der Waals surface area (Å²) in [5, 5.41) is 0. The Morgan fingerprint density at radius 1 is 1.17 bits per heavy atom. The van der Waals surface area contributed by atoms with Gasteiger partial charge in [0, 0.05) is 10.5 Å². The van der Waals surface area contributed by atoms with Crippen molar-refractivity contribution in [2.24, 2.45) is 0 Å². The number of hydrogen-bond acceptors (Lipinski definition) is 3. The predicted molar refractivity (Wildman–Crippen MR) is 81.9 cm³/mol. The summed E-state index contributed by atoms with van der Waals surface area (Å²) in [4.78, 5) is 14.1. The molecule has 0 spiro atoms. The maximum atomic E-state index is 11.0. The molecule has 0 bridgehead atoms. The zero-order valence-electron chi connectivity index (χ0n) is 12.2. The van der Waals surface area contributed by atoms with Gasteiger partial charge in [-0.15, -0.1) is 12.6 Å². The molecule has 0 atom stereocenters. The molecule has 2 nitrogen and oxygen atoms in total. The van der Waals surface area contributed by atoms with E-state index in [9.17, 15) is 4.79 Å². The molecule has 1 rings (SSSR count). The van der Waals surface area contributed by atoms with Gasteiger partial charge in [0.2, 0.25) is 0 Å². The Hall–Kier alpha value is -0.800. The first-order valence-electron chi connectivity index (χ1n) is 6.49. The third-order valence-electron chi connectivity index (χ3n) is 2.87. The highest BCUT2D eigenvalue weighted by Gasteiger charge is 2.02. The topological polar surface area (TPSA) is 20.3 Å². The van der Waals surface area contributed by atoms with Crippen LogP contribution in [-0.2, 0) is 0 Å². The maximum Gasteiger partial charge on any atom is 0.160 e. The number of thiol groups is 1. The summed E-state index contributed by atoms with van der Waals surface area (Å²) < 4.78 is 0. The van der Waals surface area contributed by atoms with E-state index >= 15 is 0 Å². The Bertz CT molecular complexity index is 367. The molecule has 18 heavy (non-hydrogen) atoms. The molecule has 0 N–H and O–H groups in total. The molecule has 0 heterocycles. The zero-order chi connectivity index (χ0) is 14.1. The quantitative estimate of drug-likeness (QED) is 0.661. The molecule has 0 amide bonds. The predicted octanol–water partition coefficient (Wildman–Crippen LogP) is 3.83. The van der Waals surface area contributed by atoms with E-state index in [1.54, 1.807) is 6.92 Å². The lowest BCUT2D eigenvalue weighted by Gasteiger charge is -2.13. The average Bonchev–Trinajstić information content (AvgIpc) is 2.35. The Labute approximate surface area is 117 Å². The average molecular weight is 267 g/mol. The fourth-order valence-corrected chi connectivity index (χ4v) is 1.90. The SMILES string of the molecule is CC(=O)c1cc(C)ccc1S.CCN(CC)CC. The Kier molecular flexibility index (Phi) is 8.77. The number of carbonyl (C=O) groups excluding carboxylic acids is 1. The standard InChI is InChI=1S/C9H10OS.C6H15N/c1-6-3-4-9(11)8(5-6)7(2)10;1-4-7(5-2)6-3/h3-5,11H,1-2H3;4-6H2,1-3H3. The van der Waals surface area contributed by atoms with Gasteiger partial charge in [0.05, 0.1) is 0 Å².